The summed E-state index contributed by atoms with van der Waals surface area (Å²) in [6.45, 7) is 0. The number of hydrogen-bond donors (Lipinski definition) is 2. The van der Waals surface area contributed by atoms with Gasteiger partial charge in [-0.3, -0.25) is 0 Å². The van der Waals surface area contributed by atoms with Crippen molar-refractivity contribution in [2.45, 2.75) is 4.90 Å². The zero-order valence-corrected chi connectivity index (χ0v) is 10.2. The molecule has 0 aliphatic heterocycles. The van der Waals surface area contributed by atoms with Crippen molar-refractivity contribution in [3.05, 3.63) is 35.5 Å². The van der Waals surface area contributed by atoms with E-state index in [9.17, 15) is 9.59 Å². The summed E-state index contributed by atoms with van der Waals surface area (Å²) in [6, 6.07) is 6.62. The molecule has 6 heteroatoms. The van der Waals surface area contributed by atoms with E-state index in [0.29, 0.717) is 10.9 Å². The van der Waals surface area contributed by atoms with Crippen molar-refractivity contribution in [3.8, 4) is 0 Å². The van der Waals surface area contributed by atoms with Gasteiger partial charge in [0, 0.05) is 10.3 Å². The van der Waals surface area contributed by atoms with Crippen LogP contribution in [-0.2, 0) is 0 Å². The number of rotatable bonds is 3. The number of fused-ring (bicyclic) bond motifs is 1. The molecular formula is C12H9NO4S. The zero-order chi connectivity index (χ0) is 13.3. The molecule has 0 bridgehead atoms. The molecule has 0 fully saturated rings. The Labute approximate surface area is 106 Å². The van der Waals surface area contributed by atoms with E-state index in [1.54, 1.807) is 12.1 Å². The maximum Gasteiger partial charge on any atom is 0.355 e. The normalized spacial score (nSPS) is 10.5. The van der Waals surface area contributed by atoms with E-state index in [1.807, 2.05) is 12.3 Å². The highest BCUT2D eigenvalue weighted by Gasteiger charge is 2.18. The molecule has 18 heavy (non-hydrogen) atoms. The lowest BCUT2D eigenvalue weighted by Crippen LogP contribution is -2.10. The maximum absolute atomic E-state index is 11.0. The first-order chi connectivity index (χ1) is 8.52. The molecule has 2 N–H and O–H groups in total. The van der Waals surface area contributed by atoms with Crippen LogP contribution in [0.15, 0.2) is 29.2 Å². The van der Waals surface area contributed by atoms with Gasteiger partial charge in [0.05, 0.1) is 11.1 Å². The second kappa shape index (κ2) is 4.66. The molecule has 2 aromatic rings. The predicted molar refractivity (Wildman–Crippen MR) is 67.4 cm³/mol. The summed E-state index contributed by atoms with van der Waals surface area (Å²) in [5.74, 6) is -2.64. The lowest BCUT2D eigenvalue weighted by Gasteiger charge is -2.05. The van der Waals surface area contributed by atoms with E-state index < -0.39 is 17.6 Å². The van der Waals surface area contributed by atoms with Gasteiger partial charge in [0.25, 0.3) is 0 Å². The average molecular weight is 263 g/mol. The predicted octanol–water partition coefficient (Wildman–Crippen LogP) is 2.35. The Kier molecular flexibility index (Phi) is 3.20. The number of aromatic nitrogens is 1. The number of benzene rings is 1. The monoisotopic (exact) mass is 263 g/mol. The third-order valence-corrected chi connectivity index (χ3v) is 3.18. The summed E-state index contributed by atoms with van der Waals surface area (Å²) in [7, 11) is 0. The molecule has 0 saturated heterocycles. The van der Waals surface area contributed by atoms with Crippen LogP contribution in [-0.4, -0.2) is 33.4 Å². The number of nitrogens with zero attached hydrogens (tertiary/aromatic N) is 1. The summed E-state index contributed by atoms with van der Waals surface area (Å²) >= 11 is 1.52. The molecule has 0 radical (unpaired) electrons. The molecule has 0 atom stereocenters. The zero-order valence-electron chi connectivity index (χ0n) is 9.38. The molecule has 92 valence electrons. The van der Waals surface area contributed by atoms with E-state index in [-0.39, 0.29) is 5.56 Å². The Morgan fingerprint density at radius 1 is 1.17 bits per heavy atom. The smallest absolute Gasteiger partial charge is 0.355 e. The molecule has 5 nitrogen and oxygen atoms in total. The molecule has 1 heterocycles. The number of thioether (sulfide) groups is 1. The molecule has 0 saturated carbocycles. The quantitative estimate of drug-likeness (QED) is 0.826. The molecule has 1 aromatic heterocycles. The highest BCUT2D eigenvalue weighted by molar-refractivity contribution is 7.98. The van der Waals surface area contributed by atoms with Gasteiger partial charge in [-0.15, -0.1) is 11.8 Å². The second-order valence-electron chi connectivity index (χ2n) is 3.55. The summed E-state index contributed by atoms with van der Waals surface area (Å²) < 4.78 is 0. The Hall–Kier alpha value is -2.08. The van der Waals surface area contributed by atoms with Crippen molar-refractivity contribution in [1.29, 1.82) is 0 Å². The van der Waals surface area contributed by atoms with Crippen molar-refractivity contribution in [2.24, 2.45) is 0 Å². The topological polar surface area (TPSA) is 87.5 Å². The van der Waals surface area contributed by atoms with Crippen LogP contribution in [0, 0.1) is 0 Å². The summed E-state index contributed by atoms with van der Waals surface area (Å²) in [5.41, 5.74) is -0.268. The summed E-state index contributed by atoms with van der Waals surface area (Å²) in [4.78, 5) is 26.8. The second-order valence-corrected chi connectivity index (χ2v) is 4.43. The van der Waals surface area contributed by atoms with Crippen molar-refractivity contribution in [2.75, 3.05) is 6.26 Å². The van der Waals surface area contributed by atoms with Gasteiger partial charge in [-0.2, -0.15) is 0 Å². The van der Waals surface area contributed by atoms with Crippen molar-refractivity contribution in [1.82, 2.24) is 4.98 Å². The Morgan fingerprint density at radius 2 is 1.89 bits per heavy atom. The Bertz CT molecular complexity index is 654. The molecule has 0 unspecified atom stereocenters. The summed E-state index contributed by atoms with van der Waals surface area (Å²) in [6.07, 6.45) is 1.90. The van der Waals surface area contributed by atoms with Crippen molar-refractivity contribution >= 4 is 34.6 Å². The molecule has 0 aliphatic rings. The number of carboxylic acid groups (broad SMARTS) is 2. The lowest BCUT2D eigenvalue weighted by molar-refractivity contribution is 0.0647. The fraction of sp³-hybridized carbons (Fsp3) is 0.0833. The van der Waals surface area contributed by atoms with Crippen LogP contribution in [0.3, 0.4) is 0 Å². The van der Waals surface area contributed by atoms with Crippen LogP contribution in [0.1, 0.15) is 20.8 Å². The Morgan fingerprint density at radius 3 is 2.44 bits per heavy atom. The van der Waals surface area contributed by atoms with Crippen molar-refractivity contribution in [3.63, 3.8) is 0 Å². The standard InChI is InChI=1S/C12H9NO4S/c1-18-7-2-3-9-6(4-7)5-8(11(14)15)10(13-9)12(16)17/h2-5H,1H3,(H,14,15)(H,16,17). The van der Waals surface area contributed by atoms with Crippen LogP contribution in [0.2, 0.25) is 0 Å². The van der Waals surface area contributed by atoms with Gasteiger partial charge in [0.1, 0.15) is 0 Å². The average Bonchev–Trinajstić information content (AvgIpc) is 2.36. The van der Waals surface area contributed by atoms with Gasteiger partial charge in [-0.1, -0.05) is 0 Å². The van der Waals surface area contributed by atoms with E-state index in [0.717, 1.165) is 4.90 Å². The van der Waals surface area contributed by atoms with Gasteiger partial charge < -0.3 is 10.2 Å². The third-order valence-electron chi connectivity index (χ3n) is 2.45. The fourth-order valence-electron chi connectivity index (χ4n) is 1.61. The van der Waals surface area contributed by atoms with Crippen LogP contribution >= 0.6 is 11.8 Å². The molecule has 0 aliphatic carbocycles. The first kappa shape index (κ1) is 12.4. The van der Waals surface area contributed by atoms with E-state index in [4.69, 9.17) is 10.2 Å². The maximum atomic E-state index is 11.0. The van der Waals surface area contributed by atoms with E-state index in [1.165, 1.54) is 17.8 Å². The summed E-state index contributed by atoms with van der Waals surface area (Å²) in [5, 5.41) is 18.6. The fourth-order valence-corrected chi connectivity index (χ4v) is 2.06. The molecule has 1 aromatic carbocycles. The van der Waals surface area contributed by atoms with Gasteiger partial charge in [0.15, 0.2) is 5.69 Å². The van der Waals surface area contributed by atoms with E-state index in [2.05, 4.69) is 4.98 Å². The number of hydrogen-bond acceptors (Lipinski definition) is 4. The van der Waals surface area contributed by atoms with Gasteiger partial charge >= 0.3 is 11.9 Å². The van der Waals surface area contributed by atoms with Gasteiger partial charge in [-0.25, -0.2) is 14.6 Å². The minimum absolute atomic E-state index is 0.298. The molecular weight excluding hydrogens is 254 g/mol. The number of carbonyl (C=O) groups is 2. The molecule has 2 rings (SSSR count). The van der Waals surface area contributed by atoms with E-state index >= 15 is 0 Å². The van der Waals surface area contributed by atoms with Crippen LogP contribution in [0.4, 0.5) is 0 Å². The first-order valence-electron chi connectivity index (χ1n) is 4.98. The number of carboxylic acids is 2. The highest BCUT2D eigenvalue weighted by Crippen LogP contribution is 2.23. The largest absolute Gasteiger partial charge is 0.478 e. The minimum atomic E-state index is -1.34. The lowest BCUT2D eigenvalue weighted by atomic mass is 10.1. The van der Waals surface area contributed by atoms with Crippen LogP contribution < -0.4 is 0 Å². The number of pyridine rings is 1. The van der Waals surface area contributed by atoms with Gasteiger partial charge in [0.2, 0.25) is 0 Å². The van der Waals surface area contributed by atoms with Gasteiger partial charge in [-0.05, 0) is 30.5 Å². The minimum Gasteiger partial charge on any atom is -0.478 e. The van der Waals surface area contributed by atoms with Crippen LogP contribution in [0.25, 0.3) is 10.9 Å². The van der Waals surface area contributed by atoms with Crippen LogP contribution in [0.5, 0.6) is 0 Å². The number of aromatic carboxylic acids is 2. The molecule has 0 amide bonds. The first-order valence-corrected chi connectivity index (χ1v) is 6.21. The SMILES string of the molecule is CSc1ccc2nc(C(=O)O)c(C(=O)O)cc2c1. The van der Waals surface area contributed by atoms with Crippen molar-refractivity contribution < 1.29 is 19.8 Å². The molecule has 0 spiro atoms. The third kappa shape index (κ3) is 2.14. The Balaban J connectivity index is 2.76. The highest BCUT2D eigenvalue weighted by atomic mass is 32.2.